The third-order valence-electron chi connectivity index (χ3n) is 5.80. The molecule has 0 radical (unpaired) electrons. The number of hydrogen-bond acceptors (Lipinski definition) is 6. The Balaban J connectivity index is 1.33. The summed E-state index contributed by atoms with van der Waals surface area (Å²) in [7, 11) is 0. The quantitative estimate of drug-likeness (QED) is 0.561. The van der Waals surface area contributed by atoms with Gasteiger partial charge in [-0.15, -0.1) is 10.2 Å². The van der Waals surface area contributed by atoms with E-state index in [1.807, 2.05) is 30.9 Å². The summed E-state index contributed by atoms with van der Waals surface area (Å²) in [4.78, 5) is 28.2. The van der Waals surface area contributed by atoms with E-state index in [0.717, 1.165) is 17.2 Å². The number of anilines is 2. The highest BCUT2D eigenvalue weighted by Gasteiger charge is 2.36. The first kappa shape index (κ1) is 25.0. The van der Waals surface area contributed by atoms with Gasteiger partial charge in [-0.1, -0.05) is 29.8 Å². The lowest BCUT2D eigenvalue weighted by Gasteiger charge is -2.35. The maximum absolute atomic E-state index is 13.3. The molecule has 2 aromatic carbocycles. The van der Waals surface area contributed by atoms with Gasteiger partial charge in [0.25, 0.3) is 5.91 Å². The molecule has 1 aliphatic rings. The molecule has 0 aliphatic carbocycles. The summed E-state index contributed by atoms with van der Waals surface area (Å²) in [6.45, 7) is 5.01. The summed E-state index contributed by atoms with van der Waals surface area (Å²) in [5.74, 6) is -0.147. The zero-order valence-electron chi connectivity index (χ0n) is 19.7. The fourth-order valence-electron chi connectivity index (χ4n) is 3.95. The first-order valence-corrected chi connectivity index (χ1v) is 11.2. The van der Waals surface area contributed by atoms with Gasteiger partial charge >= 0.3 is 12.3 Å². The zero-order chi connectivity index (χ0) is 25.9. The lowest BCUT2D eigenvalue weighted by atomic mass is 10.1. The number of piperazine rings is 1. The van der Waals surface area contributed by atoms with Crippen molar-refractivity contribution in [2.45, 2.75) is 20.0 Å². The highest BCUT2D eigenvalue weighted by atomic mass is 19.4. The largest absolute Gasteiger partial charge is 0.418 e. The number of carbonyl (C=O) groups excluding carboxylic acids is 2. The number of rotatable bonds is 4. The molecule has 4 rings (SSSR count). The summed E-state index contributed by atoms with van der Waals surface area (Å²) < 4.78 is 45.0. The number of benzene rings is 2. The third-order valence-corrected chi connectivity index (χ3v) is 5.80. The molecule has 1 N–H and O–H groups in total. The van der Waals surface area contributed by atoms with Gasteiger partial charge in [0.05, 0.1) is 11.1 Å². The van der Waals surface area contributed by atoms with E-state index in [4.69, 9.17) is 4.74 Å². The van der Waals surface area contributed by atoms with Crippen LogP contribution in [-0.4, -0.2) is 53.3 Å². The lowest BCUT2D eigenvalue weighted by Crippen LogP contribution is -2.49. The van der Waals surface area contributed by atoms with E-state index < -0.39 is 23.7 Å². The van der Waals surface area contributed by atoms with Crippen molar-refractivity contribution < 1.29 is 27.5 Å². The second kappa shape index (κ2) is 10.2. The SMILES string of the molecule is Cc1ccc(NC(=O)Oc2ccc(N3CCN(C(=O)c4ccccc4C(F)(F)F)CC3)nn2)c(C)c1. The Morgan fingerprint density at radius 1 is 0.944 bits per heavy atom. The molecule has 0 bridgehead atoms. The van der Waals surface area contributed by atoms with Gasteiger partial charge in [-0.25, -0.2) is 4.79 Å². The number of hydrogen-bond donors (Lipinski definition) is 1. The second-order valence-corrected chi connectivity index (χ2v) is 8.39. The number of nitrogens with zero attached hydrogens (tertiary/aromatic N) is 4. The highest BCUT2D eigenvalue weighted by molar-refractivity contribution is 5.96. The van der Waals surface area contributed by atoms with Crippen LogP contribution in [-0.2, 0) is 6.18 Å². The van der Waals surface area contributed by atoms with E-state index in [-0.39, 0.29) is 24.5 Å². The number of ether oxygens (including phenoxy) is 1. The monoisotopic (exact) mass is 499 g/mol. The number of halogens is 3. The Morgan fingerprint density at radius 2 is 1.67 bits per heavy atom. The van der Waals surface area contributed by atoms with Crippen molar-refractivity contribution in [2.24, 2.45) is 0 Å². The van der Waals surface area contributed by atoms with Gasteiger partial charge in [-0.2, -0.15) is 13.2 Å². The maximum atomic E-state index is 13.3. The van der Waals surface area contributed by atoms with Gasteiger partial charge in [0.15, 0.2) is 5.82 Å². The predicted molar refractivity (Wildman–Crippen MR) is 127 cm³/mol. The van der Waals surface area contributed by atoms with Gasteiger partial charge in [0.1, 0.15) is 0 Å². The molecule has 36 heavy (non-hydrogen) atoms. The molecule has 0 unspecified atom stereocenters. The molecule has 1 aromatic heterocycles. The minimum atomic E-state index is -4.61. The van der Waals surface area contributed by atoms with Crippen molar-refractivity contribution in [3.63, 3.8) is 0 Å². The van der Waals surface area contributed by atoms with E-state index in [0.29, 0.717) is 24.6 Å². The predicted octanol–water partition coefficient (Wildman–Crippen LogP) is 4.69. The molecule has 3 aromatic rings. The van der Waals surface area contributed by atoms with Crippen LogP contribution in [0, 0.1) is 13.8 Å². The highest BCUT2D eigenvalue weighted by Crippen LogP contribution is 2.32. The molecule has 0 spiro atoms. The van der Waals surface area contributed by atoms with Crippen LogP contribution in [0.4, 0.5) is 29.5 Å². The Hall–Kier alpha value is -4.15. The minimum Gasteiger partial charge on any atom is -0.389 e. The normalized spacial score (nSPS) is 13.9. The molecule has 1 saturated heterocycles. The summed E-state index contributed by atoms with van der Waals surface area (Å²) in [6, 6.07) is 13.5. The van der Waals surface area contributed by atoms with Crippen molar-refractivity contribution in [3.8, 4) is 5.88 Å². The lowest BCUT2D eigenvalue weighted by molar-refractivity contribution is -0.138. The Morgan fingerprint density at radius 3 is 2.31 bits per heavy atom. The Bertz CT molecular complexity index is 1260. The minimum absolute atomic E-state index is 0.0126. The first-order valence-electron chi connectivity index (χ1n) is 11.2. The molecule has 188 valence electrons. The number of aromatic nitrogens is 2. The van der Waals surface area contributed by atoms with Crippen LogP contribution in [0.15, 0.2) is 54.6 Å². The molecule has 11 heteroatoms. The summed E-state index contributed by atoms with van der Waals surface area (Å²) >= 11 is 0. The van der Waals surface area contributed by atoms with Gasteiger partial charge in [-0.05, 0) is 43.7 Å². The fraction of sp³-hybridized carbons (Fsp3) is 0.280. The van der Waals surface area contributed by atoms with E-state index in [1.54, 1.807) is 12.1 Å². The van der Waals surface area contributed by atoms with Crippen molar-refractivity contribution in [3.05, 3.63) is 76.9 Å². The van der Waals surface area contributed by atoms with Crippen LogP contribution in [0.2, 0.25) is 0 Å². The Kier molecular flexibility index (Phi) is 7.09. The average molecular weight is 499 g/mol. The van der Waals surface area contributed by atoms with Gasteiger partial charge in [0, 0.05) is 37.9 Å². The van der Waals surface area contributed by atoms with E-state index in [2.05, 4.69) is 15.5 Å². The van der Waals surface area contributed by atoms with Crippen molar-refractivity contribution >= 4 is 23.5 Å². The summed E-state index contributed by atoms with van der Waals surface area (Å²) in [6.07, 6.45) is -5.31. The summed E-state index contributed by atoms with van der Waals surface area (Å²) in [5.41, 5.74) is 1.29. The number of alkyl halides is 3. The maximum Gasteiger partial charge on any atom is 0.418 e. The second-order valence-electron chi connectivity index (χ2n) is 8.39. The zero-order valence-corrected chi connectivity index (χ0v) is 19.7. The van der Waals surface area contributed by atoms with E-state index in [1.165, 1.54) is 29.2 Å². The van der Waals surface area contributed by atoms with Gasteiger partial charge in [-0.3, -0.25) is 10.1 Å². The van der Waals surface area contributed by atoms with Gasteiger partial charge < -0.3 is 14.5 Å². The molecular weight excluding hydrogens is 475 g/mol. The molecule has 2 heterocycles. The molecule has 0 atom stereocenters. The number of aryl methyl sites for hydroxylation is 2. The van der Waals surface area contributed by atoms with Crippen molar-refractivity contribution in [2.75, 3.05) is 36.4 Å². The molecule has 0 saturated carbocycles. The van der Waals surface area contributed by atoms with Crippen LogP contribution >= 0.6 is 0 Å². The van der Waals surface area contributed by atoms with Crippen molar-refractivity contribution in [1.82, 2.24) is 15.1 Å². The van der Waals surface area contributed by atoms with Crippen molar-refractivity contribution in [1.29, 1.82) is 0 Å². The third kappa shape index (κ3) is 5.73. The summed E-state index contributed by atoms with van der Waals surface area (Å²) in [5, 5.41) is 10.7. The number of amides is 2. The van der Waals surface area contributed by atoms with E-state index in [9.17, 15) is 22.8 Å². The topological polar surface area (TPSA) is 87.7 Å². The van der Waals surface area contributed by atoms with Crippen LogP contribution in [0.5, 0.6) is 5.88 Å². The smallest absolute Gasteiger partial charge is 0.389 e. The van der Waals surface area contributed by atoms with E-state index >= 15 is 0 Å². The molecular formula is C25H24F3N5O3. The molecule has 1 aliphatic heterocycles. The van der Waals surface area contributed by atoms with Crippen LogP contribution < -0.4 is 15.0 Å². The number of nitrogens with one attached hydrogen (secondary N) is 1. The van der Waals surface area contributed by atoms with Crippen LogP contribution in [0.3, 0.4) is 0 Å². The standard InChI is InChI=1S/C25H24F3N5O3/c1-16-7-8-20(17(2)15-16)29-24(35)36-22-10-9-21(30-31-22)32-11-13-33(14-12-32)23(34)18-5-3-4-6-19(18)25(26,27)28/h3-10,15H,11-14H2,1-2H3,(H,29,35). The average Bonchev–Trinajstić information content (AvgIpc) is 2.85. The van der Waals surface area contributed by atoms with Crippen LogP contribution in [0.25, 0.3) is 0 Å². The molecule has 1 fully saturated rings. The molecule has 8 nitrogen and oxygen atoms in total. The Labute approximate surface area is 205 Å². The molecule has 2 amide bonds. The first-order chi connectivity index (χ1) is 17.1. The van der Waals surface area contributed by atoms with Gasteiger partial charge in [0.2, 0.25) is 5.88 Å². The number of carbonyl (C=O) groups is 2. The fourth-order valence-corrected chi connectivity index (χ4v) is 3.95. The van der Waals surface area contributed by atoms with Crippen LogP contribution in [0.1, 0.15) is 27.0 Å².